The Bertz CT molecular complexity index is 953. The van der Waals surface area contributed by atoms with Crippen molar-refractivity contribution in [1.82, 2.24) is 25.2 Å². The lowest BCUT2D eigenvalue weighted by atomic mass is 10.3. The van der Waals surface area contributed by atoms with Gasteiger partial charge in [0.05, 0.1) is 10.2 Å². The van der Waals surface area contributed by atoms with Crippen LogP contribution in [0, 0.1) is 0 Å². The van der Waals surface area contributed by atoms with Gasteiger partial charge in [-0.25, -0.2) is 19.7 Å². The van der Waals surface area contributed by atoms with Crippen molar-refractivity contribution in [1.29, 1.82) is 0 Å². The van der Waals surface area contributed by atoms with Gasteiger partial charge in [0.1, 0.15) is 0 Å². The van der Waals surface area contributed by atoms with E-state index in [0.717, 1.165) is 10.2 Å². The number of carbonyl (C=O) groups is 2. The third kappa shape index (κ3) is 4.77. The number of aromatic nitrogens is 3. The van der Waals surface area contributed by atoms with Gasteiger partial charge in [-0.2, -0.15) is 0 Å². The van der Waals surface area contributed by atoms with Crippen LogP contribution in [-0.4, -0.2) is 64.5 Å². The van der Waals surface area contributed by atoms with Gasteiger partial charge >= 0.3 is 6.03 Å². The van der Waals surface area contributed by atoms with Crippen LogP contribution in [0.4, 0.5) is 15.9 Å². The van der Waals surface area contributed by atoms with Gasteiger partial charge in [0.2, 0.25) is 11.9 Å². The first kappa shape index (κ1) is 19.1. The van der Waals surface area contributed by atoms with Gasteiger partial charge in [-0.15, -0.1) is 0 Å². The van der Waals surface area contributed by atoms with Crippen molar-refractivity contribution in [2.24, 2.45) is 0 Å². The van der Waals surface area contributed by atoms with Crippen molar-refractivity contribution in [3.8, 4) is 0 Å². The van der Waals surface area contributed by atoms with E-state index >= 15 is 0 Å². The van der Waals surface area contributed by atoms with Crippen LogP contribution in [0.3, 0.4) is 0 Å². The van der Waals surface area contributed by atoms with Gasteiger partial charge in [0.25, 0.3) is 0 Å². The van der Waals surface area contributed by atoms with Crippen LogP contribution in [0.15, 0.2) is 42.7 Å². The second-order valence-corrected chi connectivity index (χ2v) is 7.56. The SMILES string of the molecule is O=C(NCCC(=O)N1CCN(c2ncccn2)CC1)Nc1nc2ccccc2s1. The number of urea groups is 1. The summed E-state index contributed by atoms with van der Waals surface area (Å²) in [5.41, 5.74) is 0.850. The summed E-state index contributed by atoms with van der Waals surface area (Å²) in [5.74, 6) is 0.715. The maximum Gasteiger partial charge on any atom is 0.321 e. The number of thiazole rings is 1. The largest absolute Gasteiger partial charge is 0.339 e. The Morgan fingerprint density at radius 1 is 1.03 bits per heavy atom. The molecule has 3 heterocycles. The standard InChI is InChI=1S/C19H21N7O2S/c27-16(25-10-12-26(13-11-25)17-20-7-3-8-21-17)6-9-22-18(28)24-19-23-14-4-1-2-5-15(14)29-19/h1-5,7-8H,6,9-13H2,(H2,22,23,24,28). The Morgan fingerprint density at radius 2 is 1.79 bits per heavy atom. The molecule has 0 unspecified atom stereocenters. The summed E-state index contributed by atoms with van der Waals surface area (Å²) in [6.45, 7) is 2.91. The third-order valence-electron chi connectivity index (χ3n) is 4.61. The fraction of sp³-hybridized carbons (Fsp3) is 0.316. The summed E-state index contributed by atoms with van der Waals surface area (Å²) in [7, 11) is 0. The topological polar surface area (TPSA) is 103 Å². The highest BCUT2D eigenvalue weighted by Gasteiger charge is 2.22. The van der Waals surface area contributed by atoms with Crippen molar-refractivity contribution >= 4 is 44.6 Å². The molecule has 1 fully saturated rings. The van der Waals surface area contributed by atoms with Crippen LogP contribution in [0.2, 0.25) is 0 Å². The predicted octanol–water partition coefficient (Wildman–Crippen LogP) is 1.95. The molecule has 0 radical (unpaired) electrons. The quantitative estimate of drug-likeness (QED) is 0.665. The molecule has 0 atom stereocenters. The summed E-state index contributed by atoms with van der Waals surface area (Å²) in [4.78, 5) is 41.2. The second kappa shape index (κ2) is 8.82. The van der Waals surface area contributed by atoms with Crippen molar-refractivity contribution in [2.45, 2.75) is 6.42 Å². The molecular formula is C19H21N7O2S. The van der Waals surface area contributed by atoms with Gasteiger partial charge in [-0.3, -0.25) is 10.1 Å². The molecule has 0 aliphatic carbocycles. The molecule has 2 aromatic heterocycles. The maximum atomic E-state index is 12.4. The lowest BCUT2D eigenvalue weighted by molar-refractivity contribution is -0.131. The van der Waals surface area contributed by atoms with Gasteiger partial charge in [-0.1, -0.05) is 23.5 Å². The number of hydrogen-bond donors (Lipinski definition) is 2. The highest BCUT2D eigenvalue weighted by molar-refractivity contribution is 7.22. The number of nitrogens with one attached hydrogen (secondary N) is 2. The van der Waals surface area contributed by atoms with Gasteiger partial charge in [0, 0.05) is 51.5 Å². The number of fused-ring (bicyclic) bond motifs is 1. The summed E-state index contributed by atoms with van der Waals surface area (Å²) in [6.07, 6.45) is 3.69. The van der Waals surface area contributed by atoms with Crippen molar-refractivity contribution < 1.29 is 9.59 Å². The summed E-state index contributed by atoms with van der Waals surface area (Å²) < 4.78 is 1.01. The molecule has 150 valence electrons. The summed E-state index contributed by atoms with van der Waals surface area (Å²) in [6, 6.07) is 9.12. The molecule has 9 nitrogen and oxygen atoms in total. The third-order valence-corrected chi connectivity index (χ3v) is 5.56. The number of piperazine rings is 1. The Hall–Kier alpha value is -3.27. The molecule has 3 amide bonds. The minimum absolute atomic E-state index is 0.0268. The van der Waals surface area contributed by atoms with Gasteiger partial charge < -0.3 is 15.1 Å². The predicted molar refractivity (Wildman–Crippen MR) is 112 cm³/mol. The summed E-state index contributed by atoms with van der Waals surface area (Å²) in [5, 5.41) is 5.98. The highest BCUT2D eigenvalue weighted by Crippen LogP contribution is 2.25. The van der Waals surface area contributed by atoms with Crippen molar-refractivity contribution in [2.75, 3.05) is 42.9 Å². The van der Waals surface area contributed by atoms with Gasteiger partial charge in [0.15, 0.2) is 5.13 Å². The smallest absolute Gasteiger partial charge is 0.321 e. The number of amides is 3. The van der Waals surface area contributed by atoms with Crippen LogP contribution in [0.25, 0.3) is 10.2 Å². The van der Waals surface area contributed by atoms with Crippen molar-refractivity contribution in [3.05, 3.63) is 42.7 Å². The second-order valence-electron chi connectivity index (χ2n) is 6.53. The lowest BCUT2D eigenvalue weighted by Gasteiger charge is -2.34. The highest BCUT2D eigenvalue weighted by atomic mass is 32.1. The van der Waals surface area contributed by atoms with Crippen molar-refractivity contribution in [3.63, 3.8) is 0 Å². The number of nitrogens with zero attached hydrogens (tertiary/aromatic N) is 5. The number of para-hydroxylation sites is 1. The van der Waals surface area contributed by atoms with E-state index in [1.807, 2.05) is 29.2 Å². The first-order valence-corrected chi connectivity index (χ1v) is 10.2. The van der Waals surface area contributed by atoms with E-state index in [1.165, 1.54) is 11.3 Å². The molecule has 4 rings (SSSR count). The molecule has 1 aliphatic rings. The Kier molecular flexibility index (Phi) is 5.80. The first-order chi connectivity index (χ1) is 14.2. The van der Waals surface area contributed by atoms with E-state index in [2.05, 4.69) is 30.5 Å². The minimum atomic E-state index is -0.358. The molecular weight excluding hydrogens is 390 g/mol. The Morgan fingerprint density at radius 3 is 2.55 bits per heavy atom. The fourth-order valence-electron chi connectivity index (χ4n) is 3.12. The van der Waals surface area contributed by atoms with Crippen LogP contribution in [0.5, 0.6) is 0 Å². The molecule has 2 N–H and O–H groups in total. The molecule has 1 aromatic carbocycles. The fourth-order valence-corrected chi connectivity index (χ4v) is 3.98. The zero-order chi connectivity index (χ0) is 20.1. The van der Waals surface area contributed by atoms with E-state index in [9.17, 15) is 9.59 Å². The zero-order valence-corrected chi connectivity index (χ0v) is 16.6. The average Bonchev–Trinajstić information content (AvgIpc) is 3.16. The van der Waals surface area contributed by atoms with Crippen LogP contribution in [0.1, 0.15) is 6.42 Å². The van der Waals surface area contributed by atoms with E-state index in [0.29, 0.717) is 37.3 Å². The molecule has 0 spiro atoms. The Labute approximate surface area is 171 Å². The number of benzene rings is 1. The number of hydrogen-bond acceptors (Lipinski definition) is 7. The van der Waals surface area contributed by atoms with Crippen LogP contribution >= 0.6 is 11.3 Å². The molecule has 1 aliphatic heterocycles. The van der Waals surface area contributed by atoms with E-state index < -0.39 is 0 Å². The van der Waals surface area contributed by atoms with Crippen LogP contribution < -0.4 is 15.5 Å². The Balaban J connectivity index is 1.18. The monoisotopic (exact) mass is 411 g/mol. The molecule has 29 heavy (non-hydrogen) atoms. The zero-order valence-electron chi connectivity index (χ0n) is 15.7. The van der Waals surface area contributed by atoms with E-state index in [4.69, 9.17) is 0 Å². The molecule has 3 aromatic rings. The number of rotatable bonds is 5. The van der Waals surface area contributed by atoms with E-state index in [-0.39, 0.29) is 24.9 Å². The first-order valence-electron chi connectivity index (χ1n) is 9.39. The summed E-state index contributed by atoms with van der Waals surface area (Å²) >= 11 is 1.41. The maximum absolute atomic E-state index is 12.4. The van der Waals surface area contributed by atoms with Crippen LogP contribution in [-0.2, 0) is 4.79 Å². The molecule has 10 heteroatoms. The average molecular weight is 411 g/mol. The number of carbonyl (C=O) groups excluding carboxylic acids is 2. The normalized spacial score (nSPS) is 14.1. The molecule has 0 bridgehead atoms. The lowest BCUT2D eigenvalue weighted by Crippen LogP contribution is -2.49. The van der Waals surface area contributed by atoms with E-state index in [1.54, 1.807) is 18.5 Å². The van der Waals surface area contributed by atoms with Gasteiger partial charge in [-0.05, 0) is 18.2 Å². The number of anilines is 2. The molecule has 0 saturated carbocycles. The minimum Gasteiger partial charge on any atom is -0.339 e. The molecule has 1 saturated heterocycles.